The molecule has 108 valence electrons. The smallest absolute Gasteiger partial charge is 0.0299 e. The second-order valence-electron chi connectivity index (χ2n) is 5.89. The maximum atomic E-state index is 3.42. The van der Waals surface area contributed by atoms with Crippen molar-refractivity contribution in [2.45, 2.75) is 53.1 Å². The van der Waals surface area contributed by atoms with Gasteiger partial charge in [-0.05, 0) is 63.4 Å². The van der Waals surface area contributed by atoms with Gasteiger partial charge in [-0.1, -0.05) is 13.8 Å². The lowest BCUT2D eigenvalue weighted by Crippen LogP contribution is -2.24. The van der Waals surface area contributed by atoms with E-state index in [1.807, 2.05) is 11.3 Å². The predicted molar refractivity (Wildman–Crippen MR) is 84.7 cm³/mol. The third-order valence-electron chi connectivity index (χ3n) is 4.12. The lowest BCUT2D eigenvalue weighted by molar-refractivity contribution is 0.273. The largest absolute Gasteiger partial charge is 0.312 e. The molecule has 1 saturated heterocycles. The van der Waals surface area contributed by atoms with Crippen molar-refractivity contribution in [3.63, 3.8) is 0 Å². The number of nitrogens with zero attached hydrogens (tertiary/aromatic N) is 1. The van der Waals surface area contributed by atoms with Crippen molar-refractivity contribution < 1.29 is 0 Å². The fourth-order valence-corrected chi connectivity index (χ4v) is 3.82. The number of thiophene rings is 1. The average Bonchev–Trinajstić information content (AvgIpc) is 2.59. The van der Waals surface area contributed by atoms with Crippen LogP contribution in [0.1, 0.15) is 48.4 Å². The fraction of sp³-hybridized carbons (Fsp3) is 0.750. The zero-order chi connectivity index (χ0) is 13.7. The van der Waals surface area contributed by atoms with Gasteiger partial charge in [-0.25, -0.2) is 0 Å². The van der Waals surface area contributed by atoms with E-state index in [1.165, 1.54) is 42.1 Å². The molecule has 0 aromatic carbocycles. The van der Waals surface area contributed by atoms with Gasteiger partial charge >= 0.3 is 0 Å². The molecule has 0 spiro atoms. The first-order valence-corrected chi connectivity index (χ1v) is 8.52. The number of likely N-dealkylation sites (tertiary alicyclic amines) is 1. The zero-order valence-corrected chi connectivity index (χ0v) is 13.5. The summed E-state index contributed by atoms with van der Waals surface area (Å²) in [4.78, 5) is 5.64. The Kier molecular flexibility index (Phi) is 5.86. The highest BCUT2D eigenvalue weighted by Crippen LogP contribution is 2.25. The van der Waals surface area contributed by atoms with Crippen LogP contribution in [0.3, 0.4) is 0 Å². The molecule has 1 aromatic rings. The monoisotopic (exact) mass is 280 g/mol. The first-order valence-electron chi connectivity index (χ1n) is 7.70. The molecule has 1 atom stereocenters. The summed E-state index contributed by atoms with van der Waals surface area (Å²) in [6, 6.07) is 2.41. The minimum atomic E-state index is 0.915. The molecule has 3 heteroatoms. The zero-order valence-electron chi connectivity index (χ0n) is 12.7. The predicted octanol–water partition coefficient (Wildman–Crippen LogP) is 3.79. The van der Waals surface area contributed by atoms with Gasteiger partial charge in [-0.2, -0.15) is 0 Å². The Morgan fingerprint density at radius 1 is 1.37 bits per heavy atom. The van der Waals surface area contributed by atoms with Crippen LogP contribution < -0.4 is 5.32 Å². The quantitative estimate of drug-likeness (QED) is 0.883. The van der Waals surface area contributed by atoms with Crippen molar-refractivity contribution in [2.24, 2.45) is 5.92 Å². The maximum Gasteiger partial charge on any atom is 0.0299 e. The van der Waals surface area contributed by atoms with Gasteiger partial charge in [0.25, 0.3) is 0 Å². The molecule has 0 radical (unpaired) electrons. The average molecular weight is 280 g/mol. The Morgan fingerprint density at radius 2 is 2.21 bits per heavy atom. The van der Waals surface area contributed by atoms with E-state index in [0.717, 1.165) is 25.6 Å². The van der Waals surface area contributed by atoms with E-state index in [9.17, 15) is 0 Å². The van der Waals surface area contributed by atoms with Crippen LogP contribution in [-0.2, 0) is 13.1 Å². The first-order chi connectivity index (χ1) is 9.19. The molecule has 19 heavy (non-hydrogen) atoms. The van der Waals surface area contributed by atoms with Gasteiger partial charge in [0, 0.05) is 22.8 Å². The number of rotatable bonds is 5. The molecule has 1 aliphatic rings. The van der Waals surface area contributed by atoms with Crippen molar-refractivity contribution in [3.05, 3.63) is 21.4 Å². The Morgan fingerprint density at radius 3 is 3.00 bits per heavy atom. The van der Waals surface area contributed by atoms with Crippen LogP contribution in [0, 0.1) is 12.8 Å². The van der Waals surface area contributed by atoms with Gasteiger partial charge in [0.15, 0.2) is 0 Å². The standard InChI is InChI=1S/C16H28N2S/c1-4-17-11-16-10-15(14(3)19-16)12-18-8-5-6-13(2)7-9-18/h10,13,17H,4-9,11-12H2,1-3H3. The Hall–Kier alpha value is -0.380. The van der Waals surface area contributed by atoms with Crippen LogP contribution in [0.4, 0.5) is 0 Å². The van der Waals surface area contributed by atoms with E-state index in [2.05, 4.69) is 37.1 Å². The van der Waals surface area contributed by atoms with Crippen molar-refractivity contribution in [1.82, 2.24) is 10.2 Å². The highest BCUT2D eigenvalue weighted by atomic mass is 32.1. The first kappa shape index (κ1) is 15.0. The van der Waals surface area contributed by atoms with Crippen LogP contribution >= 0.6 is 11.3 Å². The molecular weight excluding hydrogens is 252 g/mol. The van der Waals surface area contributed by atoms with Gasteiger partial charge in [0.1, 0.15) is 0 Å². The third kappa shape index (κ3) is 4.59. The highest BCUT2D eigenvalue weighted by Gasteiger charge is 2.15. The molecule has 0 amide bonds. The summed E-state index contributed by atoms with van der Waals surface area (Å²) in [6.07, 6.45) is 4.15. The van der Waals surface area contributed by atoms with Crippen LogP contribution in [0.25, 0.3) is 0 Å². The van der Waals surface area contributed by atoms with Crippen LogP contribution in [-0.4, -0.2) is 24.5 Å². The molecule has 2 nitrogen and oxygen atoms in total. The number of nitrogens with one attached hydrogen (secondary N) is 1. The molecule has 1 aliphatic heterocycles. The maximum absolute atomic E-state index is 3.42. The highest BCUT2D eigenvalue weighted by molar-refractivity contribution is 7.12. The topological polar surface area (TPSA) is 15.3 Å². The van der Waals surface area contributed by atoms with Crippen molar-refractivity contribution in [1.29, 1.82) is 0 Å². The Labute approximate surface area is 122 Å². The van der Waals surface area contributed by atoms with Crippen molar-refractivity contribution >= 4 is 11.3 Å². The molecular formula is C16H28N2S. The third-order valence-corrected chi connectivity index (χ3v) is 5.22. The number of hydrogen-bond acceptors (Lipinski definition) is 3. The number of aryl methyl sites for hydroxylation is 1. The van der Waals surface area contributed by atoms with Gasteiger partial charge in [0.05, 0.1) is 0 Å². The molecule has 1 fully saturated rings. The van der Waals surface area contributed by atoms with Gasteiger partial charge in [-0.3, -0.25) is 4.90 Å². The lowest BCUT2D eigenvalue weighted by Gasteiger charge is -2.19. The van der Waals surface area contributed by atoms with Crippen LogP contribution in [0.2, 0.25) is 0 Å². The van der Waals surface area contributed by atoms with Crippen molar-refractivity contribution in [3.8, 4) is 0 Å². The summed E-state index contributed by atoms with van der Waals surface area (Å²) >= 11 is 1.96. The van der Waals surface area contributed by atoms with Gasteiger partial charge < -0.3 is 5.32 Å². The van der Waals surface area contributed by atoms with Crippen LogP contribution in [0.15, 0.2) is 6.07 Å². The van der Waals surface area contributed by atoms with Crippen molar-refractivity contribution in [2.75, 3.05) is 19.6 Å². The number of hydrogen-bond donors (Lipinski definition) is 1. The minimum absolute atomic E-state index is 0.915. The Balaban J connectivity index is 1.92. The summed E-state index contributed by atoms with van der Waals surface area (Å²) in [5.74, 6) is 0.915. The molecule has 2 heterocycles. The SMILES string of the molecule is CCNCc1cc(CN2CCCC(C)CC2)c(C)s1. The van der Waals surface area contributed by atoms with Crippen LogP contribution in [0.5, 0.6) is 0 Å². The van der Waals surface area contributed by atoms with E-state index in [0.29, 0.717) is 0 Å². The summed E-state index contributed by atoms with van der Waals surface area (Å²) < 4.78 is 0. The molecule has 1 aromatic heterocycles. The second-order valence-corrected chi connectivity index (χ2v) is 7.23. The normalized spacial score (nSPS) is 21.5. The van der Waals surface area contributed by atoms with E-state index in [-0.39, 0.29) is 0 Å². The lowest BCUT2D eigenvalue weighted by atomic mass is 10.0. The summed E-state index contributed by atoms with van der Waals surface area (Å²) in [7, 11) is 0. The molecule has 0 aliphatic carbocycles. The fourth-order valence-electron chi connectivity index (χ4n) is 2.80. The van der Waals surface area contributed by atoms with E-state index >= 15 is 0 Å². The van der Waals surface area contributed by atoms with E-state index in [4.69, 9.17) is 0 Å². The summed E-state index contributed by atoms with van der Waals surface area (Å²) in [5.41, 5.74) is 1.55. The molecule has 1 unspecified atom stereocenters. The minimum Gasteiger partial charge on any atom is -0.312 e. The molecule has 1 N–H and O–H groups in total. The molecule has 0 saturated carbocycles. The van der Waals surface area contributed by atoms with Gasteiger partial charge in [0.2, 0.25) is 0 Å². The van der Waals surface area contributed by atoms with E-state index < -0.39 is 0 Å². The summed E-state index contributed by atoms with van der Waals surface area (Å²) in [6.45, 7) is 12.6. The molecule has 0 bridgehead atoms. The summed E-state index contributed by atoms with van der Waals surface area (Å²) in [5, 5.41) is 3.42. The van der Waals surface area contributed by atoms with E-state index in [1.54, 1.807) is 5.56 Å². The Bertz CT molecular complexity index is 386. The molecule has 2 rings (SSSR count). The van der Waals surface area contributed by atoms with Gasteiger partial charge in [-0.15, -0.1) is 11.3 Å². The second kappa shape index (κ2) is 7.41.